The molecule has 0 amide bonds. The zero-order valence-electron chi connectivity index (χ0n) is 16.6. The minimum Gasteiger partial charge on any atom is -0.351 e. The zero-order chi connectivity index (χ0) is 20.5. The Kier molecular flexibility index (Phi) is 4.66. The van der Waals surface area contributed by atoms with Crippen LogP contribution in [0, 0.1) is 6.92 Å². The summed E-state index contributed by atoms with van der Waals surface area (Å²) in [7, 11) is 0. The molecule has 0 saturated carbocycles. The topological polar surface area (TPSA) is 89.7 Å². The first-order valence-electron chi connectivity index (χ1n) is 10.0. The van der Waals surface area contributed by atoms with Crippen molar-refractivity contribution in [3.05, 3.63) is 71.2 Å². The molecule has 0 aromatic carbocycles. The third-order valence-electron chi connectivity index (χ3n) is 5.42. The molecule has 0 radical (unpaired) electrons. The smallest absolute Gasteiger partial charge is 0.266 e. The van der Waals surface area contributed by atoms with E-state index in [-0.39, 0.29) is 11.6 Å². The van der Waals surface area contributed by atoms with Gasteiger partial charge in [0.25, 0.3) is 5.56 Å². The number of hydrogen-bond donors (Lipinski definition) is 0. The summed E-state index contributed by atoms with van der Waals surface area (Å²) in [6, 6.07) is 11.1. The number of rotatable bonds is 4. The van der Waals surface area contributed by atoms with Crippen LogP contribution in [0.5, 0.6) is 0 Å². The van der Waals surface area contributed by atoms with E-state index in [4.69, 9.17) is 4.98 Å². The summed E-state index contributed by atoms with van der Waals surface area (Å²) in [4.78, 5) is 32.5. The number of fused-ring (bicyclic) bond motifs is 1. The zero-order valence-corrected chi connectivity index (χ0v) is 16.6. The van der Waals surface area contributed by atoms with E-state index in [0.717, 1.165) is 41.8 Å². The van der Waals surface area contributed by atoms with Gasteiger partial charge in [0.05, 0.1) is 23.7 Å². The first kappa shape index (κ1) is 18.4. The molecular weight excluding hydrogens is 378 g/mol. The summed E-state index contributed by atoms with van der Waals surface area (Å²) < 4.78 is 1.56. The van der Waals surface area contributed by atoms with Crippen molar-refractivity contribution in [1.82, 2.24) is 29.7 Å². The SMILES string of the molecule is Cc1nc(N2CCCC2Cn2nc(-c3cccnc3)ccc2=O)c2cccnc2n1. The third kappa shape index (κ3) is 3.41. The predicted octanol–water partition coefficient (Wildman–Crippen LogP) is 2.62. The number of anilines is 1. The molecule has 4 aromatic rings. The van der Waals surface area contributed by atoms with Crippen LogP contribution >= 0.6 is 0 Å². The second kappa shape index (κ2) is 7.62. The standard InChI is InChI=1S/C22H21N7O/c1-15-25-21-18(7-3-11-24-21)22(26-15)28-12-4-6-17(28)14-29-20(30)9-8-19(27-29)16-5-2-10-23-13-16/h2-3,5,7-11,13,17H,4,6,12,14H2,1H3. The highest BCUT2D eigenvalue weighted by molar-refractivity contribution is 5.87. The molecule has 4 aromatic heterocycles. The fourth-order valence-corrected chi connectivity index (χ4v) is 4.02. The first-order valence-corrected chi connectivity index (χ1v) is 10.0. The molecule has 1 atom stereocenters. The summed E-state index contributed by atoms with van der Waals surface area (Å²) in [5.74, 6) is 1.57. The molecule has 1 aliphatic heterocycles. The van der Waals surface area contributed by atoms with Crippen molar-refractivity contribution >= 4 is 16.9 Å². The van der Waals surface area contributed by atoms with E-state index in [0.29, 0.717) is 18.0 Å². The summed E-state index contributed by atoms with van der Waals surface area (Å²) in [5.41, 5.74) is 2.21. The molecule has 0 bridgehead atoms. The van der Waals surface area contributed by atoms with E-state index >= 15 is 0 Å². The second-order valence-electron chi connectivity index (χ2n) is 7.44. The van der Waals surface area contributed by atoms with Crippen molar-refractivity contribution in [3.8, 4) is 11.3 Å². The van der Waals surface area contributed by atoms with Gasteiger partial charge in [-0.25, -0.2) is 19.6 Å². The Morgan fingerprint density at radius 2 is 2.00 bits per heavy atom. The van der Waals surface area contributed by atoms with Crippen molar-refractivity contribution in [1.29, 1.82) is 0 Å². The predicted molar refractivity (Wildman–Crippen MR) is 114 cm³/mol. The Morgan fingerprint density at radius 3 is 2.87 bits per heavy atom. The lowest BCUT2D eigenvalue weighted by molar-refractivity contribution is 0.489. The van der Waals surface area contributed by atoms with Gasteiger partial charge in [-0.1, -0.05) is 0 Å². The van der Waals surface area contributed by atoms with Gasteiger partial charge in [0, 0.05) is 36.8 Å². The molecule has 8 heteroatoms. The molecule has 5 rings (SSSR count). The molecule has 0 aliphatic carbocycles. The molecule has 30 heavy (non-hydrogen) atoms. The maximum atomic E-state index is 12.5. The lowest BCUT2D eigenvalue weighted by Crippen LogP contribution is -2.37. The number of hydrogen-bond acceptors (Lipinski definition) is 7. The Hall–Kier alpha value is -3.68. The van der Waals surface area contributed by atoms with Crippen LogP contribution in [-0.4, -0.2) is 42.3 Å². The molecule has 1 saturated heterocycles. The van der Waals surface area contributed by atoms with Crippen LogP contribution in [0.15, 0.2) is 59.8 Å². The van der Waals surface area contributed by atoms with E-state index in [1.165, 1.54) is 0 Å². The Bertz CT molecular complexity index is 1260. The van der Waals surface area contributed by atoms with Gasteiger partial charge >= 0.3 is 0 Å². The Morgan fingerprint density at radius 1 is 1.10 bits per heavy atom. The monoisotopic (exact) mass is 399 g/mol. The summed E-state index contributed by atoms with van der Waals surface area (Å²) in [6.45, 7) is 3.26. The number of nitrogens with zero attached hydrogens (tertiary/aromatic N) is 7. The van der Waals surface area contributed by atoms with Gasteiger partial charge in [0.1, 0.15) is 11.6 Å². The molecule has 1 aliphatic rings. The first-order chi connectivity index (χ1) is 14.7. The van der Waals surface area contributed by atoms with Crippen molar-refractivity contribution in [2.75, 3.05) is 11.4 Å². The van der Waals surface area contributed by atoms with E-state index in [9.17, 15) is 4.79 Å². The van der Waals surface area contributed by atoms with Crippen LogP contribution < -0.4 is 10.5 Å². The van der Waals surface area contributed by atoms with Crippen LogP contribution in [0.2, 0.25) is 0 Å². The minimum atomic E-state index is -0.111. The normalized spacial score (nSPS) is 16.3. The highest BCUT2D eigenvalue weighted by atomic mass is 16.1. The van der Waals surface area contributed by atoms with E-state index in [1.807, 2.05) is 31.2 Å². The van der Waals surface area contributed by atoms with Gasteiger partial charge in [0.2, 0.25) is 0 Å². The van der Waals surface area contributed by atoms with Crippen LogP contribution in [0.1, 0.15) is 18.7 Å². The van der Waals surface area contributed by atoms with Crippen molar-refractivity contribution < 1.29 is 0 Å². The van der Waals surface area contributed by atoms with Gasteiger partial charge in [-0.05, 0) is 50.1 Å². The van der Waals surface area contributed by atoms with Crippen LogP contribution in [0.25, 0.3) is 22.3 Å². The van der Waals surface area contributed by atoms with Gasteiger partial charge in [-0.3, -0.25) is 9.78 Å². The maximum Gasteiger partial charge on any atom is 0.266 e. The van der Waals surface area contributed by atoms with Crippen molar-refractivity contribution in [3.63, 3.8) is 0 Å². The van der Waals surface area contributed by atoms with Gasteiger partial charge < -0.3 is 4.90 Å². The molecule has 0 N–H and O–H groups in total. The summed E-state index contributed by atoms with van der Waals surface area (Å²) in [5, 5.41) is 5.54. The minimum absolute atomic E-state index is 0.111. The quantitative estimate of drug-likeness (QED) is 0.521. The fraction of sp³-hybridized carbons (Fsp3) is 0.273. The largest absolute Gasteiger partial charge is 0.351 e. The number of pyridine rings is 2. The van der Waals surface area contributed by atoms with E-state index in [2.05, 4.69) is 25.0 Å². The molecular formula is C22H21N7O. The highest BCUT2D eigenvalue weighted by Gasteiger charge is 2.28. The lowest BCUT2D eigenvalue weighted by Gasteiger charge is -2.27. The third-order valence-corrected chi connectivity index (χ3v) is 5.42. The van der Waals surface area contributed by atoms with E-state index in [1.54, 1.807) is 35.4 Å². The molecule has 150 valence electrons. The number of aromatic nitrogens is 6. The molecule has 0 spiro atoms. The molecule has 5 heterocycles. The van der Waals surface area contributed by atoms with Crippen molar-refractivity contribution in [2.24, 2.45) is 0 Å². The second-order valence-corrected chi connectivity index (χ2v) is 7.44. The average Bonchev–Trinajstić information content (AvgIpc) is 3.23. The highest BCUT2D eigenvalue weighted by Crippen LogP contribution is 2.30. The Labute approximate surface area is 173 Å². The summed E-state index contributed by atoms with van der Waals surface area (Å²) >= 11 is 0. The molecule has 1 unspecified atom stereocenters. The summed E-state index contributed by atoms with van der Waals surface area (Å²) in [6.07, 6.45) is 7.22. The Balaban J connectivity index is 1.50. The lowest BCUT2D eigenvalue weighted by atomic mass is 10.2. The van der Waals surface area contributed by atoms with Crippen LogP contribution in [0.3, 0.4) is 0 Å². The average molecular weight is 399 g/mol. The van der Waals surface area contributed by atoms with Crippen molar-refractivity contribution in [2.45, 2.75) is 32.4 Å². The van der Waals surface area contributed by atoms with E-state index < -0.39 is 0 Å². The van der Waals surface area contributed by atoms with Gasteiger partial charge in [0.15, 0.2) is 5.65 Å². The maximum absolute atomic E-state index is 12.5. The van der Waals surface area contributed by atoms with Crippen LogP contribution in [-0.2, 0) is 6.54 Å². The molecule has 1 fully saturated rings. The van der Waals surface area contributed by atoms with Gasteiger partial charge in [-0.15, -0.1) is 0 Å². The fourth-order valence-electron chi connectivity index (χ4n) is 4.02. The van der Waals surface area contributed by atoms with Crippen LogP contribution in [0.4, 0.5) is 5.82 Å². The van der Waals surface area contributed by atoms with Gasteiger partial charge in [-0.2, -0.15) is 5.10 Å². The molecule has 8 nitrogen and oxygen atoms in total. The number of aryl methyl sites for hydroxylation is 1.